The first-order chi connectivity index (χ1) is 21.2. The second-order valence-corrected chi connectivity index (χ2v) is 16.0. The number of Topliss-reactive ketones (excluding diaryl/α,β-unsaturated/α-hetero) is 1. The molecule has 0 aliphatic carbocycles. The summed E-state index contributed by atoms with van der Waals surface area (Å²) in [7, 11) is 11.5. The van der Waals surface area contributed by atoms with E-state index in [4.69, 9.17) is 14.2 Å². The molecule has 3 heterocycles. The number of cyclic esters (lactones) is 1. The third kappa shape index (κ3) is 8.50. The largest absolute Gasteiger partial charge is 0.460 e. The maximum Gasteiger partial charge on any atom is 0.319 e. The number of methoxy groups -OCH3 is 1. The van der Waals surface area contributed by atoms with E-state index in [1.54, 1.807) is 21.0 Å². The van der Waals surface area contributed by atoms with Crippen LogP contribution in [0.15, 0.2) is 0 Å². The van der Waals surface area contributed by atoms with Crippen LogP contribution in [0.3, 0.4) is 0 Å². The average molecular weight is 653 g/mol. The maximum absolute atomic E-state index is 14.4. The fourth-order valence-electron chi connectivity index (χ4n) is 8.50. The fourth-order valence-corrected chi connectivity index (χ4v) is 8.50. The van der Waals surface area contributed by atoms with Crippen molar-refractivity contribution < 1.29 is 33.7 Å². The van der Waals surface area contributed by atoms with E-state index >= 15 is 0 Å². The number of hydrogen-bond donors (Lipinski definition) is 1. The Kier molecular flexibility index (Phi) is 12.9. The molecule has 11 heteroatoms. The van der Waals surface area contributed by atoms with Crippen molar-refractivity contribution in [1.82, 2.24) is 19.6 Å². The summed E-state index contributed by atoms with van der Waals surface area (Å²) in [6, 6.07) is -0.194. The minimum absolute atomic E-state index is 0.0478. The van der Waals surface area contributed by atoms with Gasteiger partial charge in [0.25, 0.3) is 0 Å². The number of carbonyl (C=O) groups is 3. The zero-order chi connectivity index (χ0) is 34.9. The molecular formula is C35H64N4O7. The molecule has 11 nitrogen and oxygen atoms in total. The van der Waals surface area contributed by atoms with Gasteiger partial charge in [-0.05, 0) is 101 Å². The summed E-state index contributed by atoms with van der Waals surface area (Å²) in [5.74, 6) is -1.28. The van der Waals surface area contributed by atoms with Crippen LogP contribution in [0.4, 0.5) is 0 Å². The van der Waals surface area contributed by atoms with Crippen LogP contribution in [0.25, 0.3) is 0 Å². The number of aliphatic hydroxyl groups excluding tert-OH is 1. The van der Waals surface area contributed by atoms with Crippen LogP contribution in [0.2, 0.25) is 0 Å². The lowest BCUT2D eigenvalue weighted by atomic mass is 9.67. The van der Waals surface area contributed by atoms with Gasteiger partial charge in [-0.15, -0.1) is 0 Å². The van der Waals surface area contributed by atoms with Crippen LogP contribution in [0.5, 0.6) is 0 Å². The Labute approximate surface area is 278 Å². The predicted octanol–water partition coefficient (Wildman–Crippen LogP) is 2.39. The van der Waals surface area contributed by atoms with Gasteiger partial charge >= 0.3 is 5.97 Å². The number of rotatable bonds is 7. The van der Waals surface area contributed by atoms with E-state index < -0.39 is 41.2 Å². The van der Waals surface area contributed by atoms with Crippen LogP contribution in [0.1, 0.15) is 67.7 Å². The highest BCUT2D eigenvalue weighted by molar-refractivity contribution is 6.04. The molecule has 46 heavy (non-hydrogen) atoms. The molecule has 3 saturated heterocycles. The Bertz CT molecular complexity index is 1060. The van der Waals surface area contributed by atoms with Gasteiger partial charge in [0.05, 0.1) is 36.5 Å². The van der Waals surface area contributed by atoms with E-state index in [0.29, 0.717) is 39.0 Å². The van der Waals surface area contributed by atoms with Crippen LogP contribution >= 0.6 is 0 Å². The van der Waals surface area contributed by atoms with Crippen LogP contribution in [-0.2, 0) is 28.6 Å². The molecule has 0 aromatic heterocycles. The molecule has 3 aliphatic rings. The number of esters is 1. The van der Waals surface area contributed by atoms with Gasteiger partial charge in [-0.1, -0.05) is 13.8 Å². The highest BCUT2D eigenvalue weighted by atomic mass is 16.5. The van der Waals surface area contributed by atoms with Crippen molar-refractivity contribution in [2.45, 2.75) is 110 Å². The number of carbonyl (C=O) groups excluding carboxylic acids is 3. The molecule has 0 radical (unpaired) electrons. The minimum Gasteiger partial charge on any atom is -0.460 e. The molecule has 0 aromatic rings. The molecule has 1 N–H and O–H groups in total. The number of likely N-dealkylation sites (tertiary alicyclic amines) is 1. The summed E-state index contributed by atoms with van der Waals surface area (Å²) < 4.78 is 18.9. The number of hydrogen-bond acceptors (Lipinski definition) is 10. The minimum atomic E-state index is -1.40. The molecule has 3 fully saturated rings. The van der Waals surface area contributed by atoms with E-state index in [1.807, 2.05) is 63.7 Å². The third-order valence-corrected chi connectivity index (χ3v) is 11.1. The summed E-state index contributed by atoms with van der Waals surface area (Å²) in [5.41, 5.74) is -2.14. The second-order valence-electron chi connectivity index (χ2n) is 16.0. The number of ether oxygens (including phenoxy) is 3. The van der Waals surface area contributed by atoms with Gasteiger partial charge in [0.15, 0.2) is 5.78 Å². The number of amides is 1. The zero-order valence-corrected chi connectivity index (χ0v) is 30.9. The first kappa shape index (κ1) is 38.8. The van der Waals surface area contributed by atoms with Crippen molar-refractivity contribution in [3.05, 3.63) is 0 Å². The molecule has 10 atom stereocenters. The van der Waals surface area contributed by atoms with Crippen molar-refractivity contribution in [2.75, 3.05) is 68.5 Å². The number of nitrogens with zero attached hydrogens (tertiary/aromatic N) is 4. The summed E-state index contributed by atoms with van der Waals surface area (Å²) >= 11 is 0. The van der Waals surface area contributed by atoms with E-state index in [2.05, 4.69) is 25.8 Å². The van der Waals surface area contributed by atoms with Crippen LogP contribution in [0, 0.1) is 29.1 Å². The van der Waals surface area contributed by atoms with Gasteiger partial charge in [-0.25, -0.2) is 0 Å². The molecule has 0 aromatic carbocycles. The molecule has 266 valence electrons. The lowest BCUT2D eigenvalue weighted by molar-refractivity contribution is -0.175. The monoisotopic (exact) mass is 652 g/mol. The highest BCUT2D eigenvalue weighted by Crippen LogP contribution is 2.43. The number of ketones is 1. The van der Waals surface area contributed by atoms with E-state index in [9.17, 15) is 19.5 Å². The summed E-state index contributed by atoms with van der Waals surface area (Å²) in [5, 5.41) is 11.5. The first-order valence-electron chi connectivity index (χ1n) is 17.2. The Morgan fingerprint density at radius 1 is 1.04 bits per heavy atom. The Hall–Kier alpha value is -1.63. The number of aliphatic hydroxyl groups is 1. The molecule has 1 unspecified atom stereocenters. The molecule has 0 bridgehead atoms. The van der Waals surface area contributed by atoms with Gasteiger partial charge in [0, 0.05) is 44.6 Å². The van der Waals surface area contributed by atoms with E-state index in [1.165, 1.54) is 0 Å². The Morgan fingerprint density at radius 2 is 1.65 bits per heavy atom. The summed E-state index contributed by atoms with van der Waals surface area (Å²) in [6.45, 7) is 15.7. The summed E-state index contributed by atoms with van der Waals surface area (Å²) in [6.07, 6.45) is 0.0516. The second kappa shape index (κ2) is 15.3. The van der Waals surface area contributed by atoms with Crippen molar-refractivity contribution >= 4 is 17.7 Å². The smallest absolute Gasteiger partial charge is 0.319 e. The molecule has 0 saturated carbocycles. The van der Waals surface area contributed by atoms with Crippen molar-refractivity contribution in [3.8, 4) is 0 Å². The quantitative estimate of drug-likeness (QED) is 0.325. The lowest BCUT2D eigenvalue weighted by Crippen LogP contribution is -2.62. The van der Waals surface area contributed by atoms with Crippen LogP contribution < -0.4 is 0 Å². The lowest BCUT2D eigenvalue weighted by Gasteiger charge is -2.49. The molecule has 1 amide bonds. The van der Waals surface area contributed by atoms with Gasteiger partial charge < -0.3 is 34.0 Å². The van der Waals surface area contributed by atoms with Gasteiger partial charge in [-0.2, -0.15) is 0 Å². The van der Waals surface area contributed by atoms with Gasteiger partial charge in [-0.3, -0.25) is 19.3 Å². The van der Waals surface area contributed by atoms with E-state index in [-0.39, 0.29) is 47.6 Å². The van der Waals surface area contributed by atoms with Crippen molar-refractivity contribution in [1.29, 1.82) is 0 Å². The first-order valence-corrected chi connectivity index (χ1v) is 17.2. The van der Waals surface area contributed by atoms with Crippen molar-refractivity contribution in [3.63, 3.8) is 0 Å². The SMILES string of the molecule is CO[C@]1(C)C[C@@H](C)CN(C)C(C2CN(C(=O)CN(C)C)C2)[C@@H](C)OC(=O)C(C)(C)C(=O)[C@H](C)[C@H]1C[C@@H]1O[C@H](C)C[C@H](N(C)C)[C@H]1O. The third-order valence-electron chi connectivity index (χ3n) is 11.1. The molecular weight excluding hydrogens is 588 g/mol. The van der Waals surface area contributed by atoms with Gasteiger partial charge in [0.2, 0.25) is 5.91 Å². The standard InChI is InChI=1S/C35H64N4O7/c1-21-16-35(7,44-13)26(15-28-31(41)27(37(10)11)14-22(2)45-28)23(3)32(42)34(5,6)33(43)46-24(4)30(38(12)17-21)25-18-39(19-25)29(40)20-36(8)9/h21-28,30-31,41H,14-20H2,1-13H3/t21-,22-,23-,24-,26-,27+,28+,30?,31-,35-/m1/s1. The zero-order valence-electron chi connectivity index (χ0n) is 30.9. The Morgan fingerprint density at radius 3 is 2.20 bits per heavy atom. The summed E-state index contributed by atoms with van der Waals surface area (Å²) in [4.78, 5) is 49.0. The van der Waals surface area contributed by atoms with Gasteiger partial charge in [0.1, 0.15) is 11.5 Å². The predicted molar refractivity (Wildman–Crippen MR) is 178 cm³/mol. The fraction of sp³-hybridized carbons (Fsp3) is 0.914. The normalized spacial score (nSPS) is 39.0. The Balaban J connectivity index is 1.97. The van der Waals surface area contributed by atoms with Crippen molar-refractivity contribution in [2.24, 2.45) is 29.1 Å². The van der Waals surface area contributed by atoms with E-state index in [0.717, 1.165) is 6.42 Å². The highest BCUT2D eigenvalue weighted by Gasteiger charge is 2.52. The topological polar surface area (TPSA) is 112 Å². The average Bonchev–Trinajstić information content (AvgIpc) is 2.92. The van der Waals surface area contributed by atoms with Crippen LogP contribution in [-0.4, -0.2) is 153 Å². The number of likely N-dealkylation sites (N-methyl/N-ethyl adjacent to an activating group) is 3. The molecule has 3 aliphatic heterocycles. The molecule has 3 rings (SSSR count). The maximum atomic E-state index is 14.4. The molecule has 0 spiro atoms.